The van der Waals surface area contributed by atoms with E-state index in [1.165, 1.54) is 0 Å². The Labute approximate surface area is 103 Å². The van der Waals surface area contributed by atoms with Gasteiger partial charge < -0.3 is 5.73 Å². The van der Waals surface area contributed by atoms with Gasteiger partial charge in [-0.1, -0.05) is 30.3 Å². The third-order valence-corrected chi connectivity index (χ3v) is 2.69. The third kappa shape index (κ3) is 2.90. The molecule has 1 fully saturated rings. The molecule has 1 aliphatic heterocycles. The molecule has 3 atom stereocenters. The summed E-state index contributed by atoms with van der Waals surface area (Å²) in [7, 11) is 0. The molecular formula is C10H13ClF3N3. The average molecular weight is 268 g/mol. The molecule has 1 aromatic rings. The maximum Gasteiger partial charge on any atom is 0.405 e. The molecule has 7 heteroatoms. The molecular weight excluding hydrogens is 255 g/mol. The monoisotopic (exact) mass is 267 g/mol. The normalized spacial score (nSPS) is 28.8. The number of benzene rings is 1. The molecule has 0 amide bonds. The second-order valence-electron chi connectivity index (χ2n) is 3.77. The number of hydrazine groups is 1. The number of hydrogen-bond acceptors (Lipinski definition) is 3. The van der Waals surface area contributed by atoms with Crippen LogP contribution in [0.1, 0.15) is 11.5 Å². The van der Waals surface area contributed by atoms with E-state index in [9.17, 15) is 13.2 Å². The Bertz CT molecular complexity index is 358. The lowest BCUT2D eigenvalue weighted by atomic mass is 9.90. The van der Waals surface area contributed by atoms with Gasteiger partial charge in [-0.25, -0.2) is 10.9 Å². The molecule has 0 aliphatic carbocycles. The first-order valence-electron chi connectivity index (χ1n) is 4.88. The van der Waals surface area contributed by atoms with Crippen LogP contribution in [0.25, 0.3) is 0 Å². The van der Waals surface area contributed by atoms with Crippen LogP contribution in [-0.4, -0.2) is 18.4 Å². The van der Waals surface area contributed by atoms with Gasteiger partial charge in [-0.3, -0.25) is 0 Å². The van der Waals surface area contributed by atoms with E-state index in [4.69, 9.17) is 5.73 Å². The number of nitrogens with two attached hydrogens (primary N) is 1. The molecule has 1 aromatic carbocycles. The van der Waals surface area contributed by atoms with E-state index in [1.807, 2.05) is 0 Å². The van der Waals surface area contributed by atoms with Crippen molar-refractivity contribution in [2.24, 2.45) is 5.73 Å². The van der Waals surface area contributed by atoms with Crippen molar-refractivity contribution < 1.29 is 13.2 Å². The molecule has 3 unspecified atom stereocenters. The minimum atomic E-state index is -4.32. The number of alkyl halides is 3. The number of halogens is 4. The van der Waals surface area contributed by atoms with Crippen LogP contribution in [0.3, 0.4) is 0 Å². The summed E-state index contributed by atoms with van der Waals surface area (Å²) in [6, 6.07) is 6.81. The first-order chi connectivity index (χ1) is 7.50. The highest BCUT2D eigenvalue weighted by Gasteiger charge is 2.50. The Hall–Kier alpha value is -0.820. The fourth-order valence-corrected chi connectivity index (χ4v) is 1.93. The molecule has 17 heavy (non-hydrogen) atoms. The summed E-state index contributed by atoms with van der Waals surface area (Å²) in [4.78, 5) is 0. The zero-order chi connectivity index (χ0) is 11.8. The summed E-state index contributed by atoms with van der Waals surface area (Å²) in [6.07, 6.45) is -5.06. The Morgan fingerprint density at radius 2 is 1.65 bits per heavy atom. The molecule has 1 heterocycles. The van der Waals surface area contributed by atoms with Gasteiger partial charge >= 0.3 is 6.18 Å². The fraction of sp³-hybridized carbons (Fsp3) is 0.400. The smallest absolute Gasteiger partial charge is 0.314 e. The number of rotatable bonds is 1. The van der Waals surface area contributed by atoms with Crippen LogP contribution >= 0.6 is 12.4 Å². The SMILES string of the molecule is Cl.NC1NNC(C(F)(F)F)C1c1ccccc1. The van der Waals surface area contributed by atoms with Crippen molar-refractivity contribution in [3.63, 3.8) is 0 Å². The lowest BCUT2D eigenvalue weighted by molar-refractivity contribution is -0.156. The zero-order valence-corrected chi connectivity index (χ0v) is 9.55. The lowest BCUT2D eigenvalue weighted by Crippen LogP contribution is -2.43. The van der Waals surface area contributed by atoms with Gasteiger partial charge in [0.1, 0.15) is 6.04 Å². The highest BCUT2D eigenvalue weighted by atomic mass is 35.5. The number of nitrogens with one attached hydrogen (secondary N) is 2. The Balaban J connectivity index is 0.00000144. The van der Waals surface area contributed by atoms with Gasteiger partial charge in [0.2, 0.25) is 0 Å². The Kier molecular flexibility index (Phi) is 4.37. The van der Waals surface area contributed by atoms with Gasteiger partial charge in [-0.05, 0) is 5.56 Å². The molecule has 4 N–H and O–H groups in total. The first kappa shape index (κ1) is 14.2. The molecule has 0 bridgehead atoms. The van der Waals surface area contributed by atoms with E-state index in [2.05, 4.69) is 10.9 Å². The minimum Gasteiger partial charge on any atom is -0.314 e. The van der Waals surface area contributed by atoms with E-state index in [0.717, 1.165) is 0 Å². The largest absolute Gasteiger partial charge is 0.405 e. The van der Waals surface area contributed by atoms with Crippen molar-refractivity contribution in [3.8, 4) is 0 Å². The van der Waals surface area contributed by atoms with Crippen molar-refractivity contribution in [1.82, 2.24) is 10.9 Å². The molecule has 0 saturated carbocycles. The van der Waals surface area contributed by atoms with Crippen molar-refractivity contribution in [3.05, 3.63) is 35.9 Å². The second-order valence-corrected chi connectivity index (χ2v) is 3.77. The van der Waals surface area contributed by atoms with Crippen LogP contribution in [-0.2, 0) is 0 Å². The van der Waals surface area contributed by atoms with Gasteiger partial charge in [0, 0.05) is 5.92 Å². The molecule has 96 valence electrons. The molecule has 0 spiro atoms. The van der Waals surface area contributed by atoms with Crippen molar-refractivity contribution in [2.45, 2.75) is 24.3 Å². The first-order valence-corrected chi connectivity index (χ1v) is 4.88. The standard InChI is InChI=1S/C10H12F3N3.ClH/c11-10(12,13)8-7(9(14)16-15-8)6-4-2-1-3-5-6;/h1-5,7-9,15-16H,14H2;1H. The van der Waals surface area contributed by atoms with Crippen LogP contribution < -0.4 is 16.6 Å². The van der Waals surface area contributed by atoms with Crippen LogP contribution in [0.15, 0.2) is 30.3 Å². The van der Waals surface area contributed by atoms with Crippen molar-refractivity contribution >= 4 is 12.4 Å². The third-order valence-electron chi connectivity index (χ3n) is 2.69. The van der Waals surface area contributed by atoms with E-state index < -0.39 is 24.3 Å². The summed E-state index contributed by atoms with van der Waals surface area (Å²) < 4.78 is 38.1. The van der Waals surface area contributed by atoms with Crippen molar-refractivity contribution in [1.29, 1.82) is 0 Å². The summed E-state index contributed by atoms with van der Waals surface area (Å²) in [5.74, 6) is -0.804. The lowest BCUT2D eigenvalue weighted by Gasteiger charge is -2.23. The van der Waals surface area contributed by atoms with E-state index >= 15 is 0 Å². The van der Waals surface area contributed by atoms with Gasteiger partial charge in [0.25, 0.3) is 0 Å². The topological polar surface area (TPSA) is 50.1 Å². The second kappa shape index (κ2) is 5.22. The fourth-order valence-electron chi connectivity index (χ4n) is 1.93. The predicted octanol–water partition coefficient (Wildman–Crippen LogP) is 1.52. The maximum atomic E-state index is 12.7. The van der Waals surface area contributed by atoms with Crippen LogP contribution in [0.5, 0.6) is 0 Å². The predicted molar refractivity (Wildman–Crippen MR) is 60.5 cm³/mol. The highest BCUT2D eigenvalue weighted by Crippen LogP contribution is 2.35. The van der Waals surface area contributed by atoms with Gasteiger partial charge in [-0.15, -0.1) is 12.4 Å². The van der Waals surface area contributed by atoms with Crippen LogP contribution in [0.4, 0.5) is 13.2 Å². The Morgan fingerprint density at radius 3 is 2.18 bits per heavy atom. The quantitative estimate of drug-likeness (QED) is 0.723. The molecule has 3 nitrogen and oxygen atoms in total. The van der Waals surface area contributed by atoms with Crippen molar-refractivity contribution in [2.75, 3.05) is 0 Å². The maximum absolute atomic E-state index is 12.7. The summed E-state index contributed by atoms with van der Waals surface area (Å²) in [5, 5.41) is 0. The van der Waals surface area contributed by atoms with E-state index in [1.54, 1.807) is 30.3 Å². The molecule has 0 aromatic heterocycles. The van der Waals surface area contributed by atoms with Gasteiger partial charge in [-0.2, -0.15) is 13.2 Å². The van der Waals surface area contributed by atoms with E-state index in [-0.39, 0.29) is 12.4 Å². The van der Waals surface area contributed by atoms with Gasteiger partial charge in [0.05, 0.1) is 6.17 Å². The zero-order valence-electron chi connectivity index (χ0n) is 8.74. The minimum absolute atomic E-state index is 0. The summed E-state index contributed by atoms with van der Waals surface area (Å²) >= 11 is 0. The average Bonchev–Trinajstić information content (AvgIpc) is 2.61. The molecule has 0 radical (unpaired) electrons. The Morgan fingerprint density at radius 1 is 1.06 bits per heavy atom. The molecule has 2 rings (SSSR count). The van der Waals surface area contributed by atoms with Crippen LogP contribution in [0.2, 0.25) is 0 Å². The number of hydrogen-bond donors (Lipinski definition) is 3. The van der Waals surface area contributed by atoms with Gasteiger partial charge in [0.15, 0.2) is 0 Å². The molecule has 1 aliphatic rings. The van der Waals surface area contributed by atoms with Crippen LogP contribution in [0, 0.1) is 0 Å². The summed E-state index contributed by atoms with van der Waals surface area (Å²) in [5.41, 5.74) is 10.8. The molecule has 1 saturated heterocycles. The van der Waals surface area contributed by atoms with E-state index in [0.29, 0.717) is 5.56 Å². The highest BCUT2D eigenvalue weighted by molar-refractivity contribution is 5.85. The summed E-state index contributed by atoms with van der Waals surface area (Å²) in [6.45, 7) is 0.